The monoisotopic (exact) mass is 236 g/mol. The van der Waals surface area contributed by atoms with Crippen molar-refractivity contribution in [3.63, 3.8) is 0 Å². The fourth-order valence-corrected chi connectivity index (χ4v) is 1.67. The Morgan fingerprint density at radius 3 is 2.65 bits per heavy atom. The van der Waals surface area contributed by atoms with Gasteiger partial charge in [0.25, 0.3) is 0 Å². The van der Waals surface area contributed by atoms with Gasteiger partial charge in [-0.15, -0.1) is 0 Å². The first-order chi connectivity index (χ1) is 8.22. The fourth-order valence-electron chi connectivity index (χ4n) is 1.67. The molecule has 0 heterocycles. The minimum absolute atomic E-state index is 0.812. The molecule has 1 aromatic carbocycles. The second-order valence-electron chi connectivity index (χ2n) is 4.38. The summed E-state index contributed by atoms with van der Waals surface area (Å²) in [5.41, 5.74) is 8.87. The van der Waals surface area contributed by atoms with Gasteiger partial charge >= 0.3 is 0 Å². The van der Waals surface area contributed by atoms with Crippen molar-refractivity contribution < 1.29 is 4.74 Å². The molecule has 0 aliphatic heterocycles. The van der Waals surface area contributed by atoms with Crippen LogP contribution >= 0.6 is 0 Å². The maximum absolute atomic E-state index is 5.78. The smallest absolute Gasteiger partial charge is 0.0482 e. The normalized spacial score (nSPS) is 10.5. The van der Waals surface area contributed by atoms with E-state index in [4.69, 9.17) is 10.5 Å². The summed E-state index contributed by atoms with van der Waals surface area (Å²) >= 11 is 0. The number of rotatable bonds is 8. The third-order valence-electron chi connectivity index (χ3n) is 2.54. The molecule has 0 unspecified atom stereocenters. The van der Waals surface area contributed by atoms with Gasteiger partial charge in [0.1, 0.15) is 0 Å². The van der Waals surface area contributed by atoms with Crippen LogP contribution in [0.3, 0.4) is 0 Å². The second-order valence-corrected chi connectivity index (χ2v) is 4.38. The molecule has 0 fully saturated rings. The number of nitrogens with one attached hydrogen (secondary N) is 1. The first-order valence-corrected chi connectivity index (χ1v) is 6.41. The molecule has 0 amide bonds. The van der Waals surface area contributed by atoms with E-state index in [0.29, 0.717) is 0 Å². The largest absolute Gasteiger partial charge is 0.399 e. The lowest BCUT2D eigenvalue weighted by Crippen LogP contribution is -2.06. The van der Waals surface area contributed by atoms with Crippen LogP contribution in [-0.2, 0) is 4.74 Å². The van der Waals surface area contributed by atoms with E-state index >= 15 is 0 Å². The number of hydrogen-bond donors (Lipinski definition) is 2. The number of unbranched alkanes of at least 4 members (excludes halogenated alkanes) is 1. The Balaban J connectivity index is 2.13. The van der Waals surface area contributed by atoms with E-state index in [9.17, 15) is 0 Å². The first kappa shape index (κ1) is 13.8. The summed E-state index contributed by atoms with van der Waals surface area (Å²) in [7, 11) is 0. The van der Waals surface area contributed by atoms with Gasteiger partial charge in [-0.3, -0.25) is 0 Å². The highest BCUT2D eigenvalue weighted by molar-refractivity contribution is 5.56. The zero-order chi connectivity index (χ0) is 12.5. The standard InChI is InChI=1S/C14H24N2O/c1-3-4-7-17-8-5-6-16-14-10-12(2)9-13(15)11-14/h9-11,16H,3-8,15H2,1-2H3. The SMILES string of the molecule is CCCCOCCCNc1cc(C)cc(N)c1. The molecule has 0 radical (unpaired) electrons. The van der Waals surface area contributed by atoms with E-state index in [-0.39, 0.29) is 0 Å². The van der Waals surface area contributed by atoms with Gasteiger partial charge in [0.15, 0.2) is 0 Å². The fraction of sp³-hybridized carbons (Fsp3) is 0.571. The van der Waals surface area contributed by atoms with Gasteiger partial charge in [0.05, 0.1) is 0 Å². The van der Waals surface area contributed by atoms with E-state index in [2.05, 4.69) is 25.2 Å². The van der Waals surface area contributed by atoms with Crippen molar-refractivity contribution in [1.82, 2.24) is 0 Å². The van der Waals surface area contributed by atoms with Gasteiger partial charge in [-0.1, -0.05) is 13.3 Å². The molecular weight excluding hydrogens is 212 g/mol. The Morgan fingerprint density at radius 2 is 1.94 bits per heavy atom. The van der Waals surface area contributed by atoms with Crippen molar-refractivity contribution >= 4 is 11.4 Å². The summed E-state index contributed by atoms with van der Waals surface area (Å²) in [6.07, 6.45) is 3.38. The maximum atomic E-state index is 5.78. The van der Waals surface area contributed by atoms with Crippen LogP contribution in [0.15, 0.2) is 18.2 Å². The van der Waals surface area contributed by atoms with Gasteiger partial charge in [-0.25, -0.2) is 0 Å². The minimum Gasteiger partial charge on any atom is -0.399 e. The summed E-state index contributed by atoms with van der Waals surface area (Å²) < 4.78 is 5.49. The predicted molar refractivity (Wildman–Crippen MR) is 74.4 cm³/mol. The minimum atomic E-state index is 0.812. The molecule has 0 spiro atoms. The van der Waals surface area contributed by atoms with E-state index in [1.54, 1.807) is 0 Å². The highest BCUT2D eigenvalue weighted by Gasteiger charge is 1.95. The Kier molecular flexibility index (Phi) is 6.48. The van der Waals surface area contributed by atoms with Crippen LogP contribution in [0.25, 0.3) is 0 Å². The van der Waals surface area contributed by atoms with Crippen LogP contribution in [0, 0.1) is 6.92 Å². The summed E-state index contributed by atoms with van der Waals surface area (Å²) in [5.74, 6) is 0. The molecule has 0 aliphatic carbocycles. The lowest BCUT2D eigenvalue weighted by atomic mass is 10.2. The van der Waals surface area contributed by atoms with Gasteiger partial charge in [-0.05, 0) is 43.5 Å². The Labute approximate surface area is 104 Å². The lowest BCUT2D eigenvalue weighted by Gasteiger charge is -2.08. The van der Waals surface area contributed by atoms with Crippen molar-refractivity contribution in [3.05, 3.63) is 23.8 Å². The van der Waals surface area contributed by atoms with Gasteiger partial charge in [0, 0.05) is 31.1 Å². The molecule has 0 saturated carbocycles. The molecule has 0 atom stereocenters. The molecule has 0 aromatic heterocycles. The number of anilines is 2. The Morgan fingerprint density at radius 1 is 1.18 bits per heavy atom. The molecule has 0 bridgehead atoms. The summed E-state index contributed by atoms with van der Waals surface area (Å²) in [6, 6.07) is 6.04. The van der Waals surface area contributed by atoms with Crippen molar-refractivity contribution in [2.45, 2.75) is 33.1 Å². The molecule has 1 rings (SSSR count). The molecule has 0 saturated heterocycles. The lowest BCUT2D eigenvalue weighted by molar-refractivity contribution is 0.131. The van der Waals surface area contributed by atoms with E-state index in [0.717, 1.165) is 44.0 Å². The van der Waals surface area contributed by atoms with Crippen LogP contribution in [0.5, 0.6) is 0 Å². The number of aryl methyl sites for hydroxylation is 1. The van der Waals surface area contributed by atoms with E-state index < -0.39 is 0 Å². The van der Waals surface area contributed by atoms with Gasteiger partial charge in [-0.2, -0.15) is 0 Å². The molecule has 1 aromatic rings. The zero-order valence-electron chi connectivity index (χ0n) is 11.0. The number of nitrogen functional groups attached to an aromatic ring is 1. The van der Waals surface area contributed by atoms with Crippen LogP contribution in [0.2, 0.25) is 0 Å². The third kappa shape index (κ3) is 6.17. The highest BCUT2D eigenvalue weighted by atomic mass is 16.5. The Hall–Kier alpha value is -1.22. The van der Waals surface area contributed by atoms with Crippen molar-refractivity contribution in [3.8, 4) is 0 Å². The molecule has 3 N–H and O–H groups in total. The second kappa shape index (κ2) is 7.96. The maximum Gasteiger partial charge on any atom is 0.0482 e. The summed E-state index contributed by atoms with van der Waals surface area (Å²) in [5, 5.41) is 3.36. The van der Waals surface area contributed by atoms with Crippen molar-refractivity contribution in [2.75, 3.05) is 30.8 Å². The van der Waals surface area contributed by atoms with Crippen LogP contribution in [0.4, 0.5) is 11.4 Å². The molecule has 0 aliphatic rings. The van der Waals surface area contributed by atoms with Crippen molar-refractivity contribution in [1.29, 1.82) is 0 Å². The van der Waals surface area contributed by atoms with Crippen LogP contribution in [0.1, 0.15) is 31.7 Å². The van der Waals surface area contributed by atoms with Crippen LogP contribution in [-0.4, -0.2) is 19.8 Å². The van der Waals surface area contributed by atoms with E-state index in [1.165, 1.54) is 12.0 Å². The zero-order valence-corrected chi connectivity index (χ0v) is 11.0. The van der Waals surface area contributed by atoms with E-state index in [1.807, 2.05) is 12.1 Å². The number of nitrogens with two attached hydrogens (primary N) is 1. The molecule has 17 heavy (non-hydrogen) atoms. The van der Waals surface area contributed by atoms with Gasteiger partial charge < -0.3 is 15.8 Å². The van der Waals surface area contributed by atoms with Crippen LogP contribution < -0.4 is 11.1 Å². The third-order valence-corrected chi connectivity index (χ3v) is 2.54. The first-order valence-electron chi connectivity index (χ1n) is 6.41. The quantitative estimate of drug-likeness (QED) is 0.538. The average molecular weight is 236 g/mol. The predicted octanol–water partition coefficient (Wildman–Crippen LogP) is 3.20. The molecule has 3 nitrogen and oxygen atoms in total. The molecule has 96 valence electrons. The summed E-state index contributed by atoms with van der Waals surface area (Å²) in [6.45, 7) is 6.86. The topological polar surface area (TPSA) is 47.3 Å². The number of hydrogen-bond acceptors (Lipinski definition) is 3. The molecule has 3 heteroatoms. The number of ether oxygens (including phenoxy) is 1. The highest BCUT2D eigenvalue weighted by Crippen LogP contribution is 2.15. The average Bonchev–Trinajstić information content (AvgIpc) is 2.26. The van der Waals surface area contributed by atoms with Crippen molar-refractivity contribution in [2.24, 2.45) is 0 Å². The molecular formula is C14H24N2O. The Bertz CT molecular complexity index is 306. The van der Waals surface area contributed by atoms with Gasteiger partial charge in [0.2, 0.25) is 0 Å². The summed E-state index contributed by atoms with van der Waals surface area (Å²) in [4.78, 5) is 0. The number of benzene rings is 1.